The second-order valence-electron chi connectivity index (χ2n) is 2.28. The molecule has 0 saturated heterocycles. The largest absolute Gasteiger partial charge is 0.298 e. The summed E-state index contributed by atoms with van der Waals surface area (Å²) in [6.07, 6.45) is 2.79. The first-order chi connectivity index (χ1) is 4.75. The molecule has 0 aliphatic carbocycles. The van der Waals surface area contributed by atoms with Crippen LogP contribution in [0.5, 0.6) is 0 Å². The van der Waals surface area contributed by atoms with E-state index in [1.54, 1.807) is 0 Å². The van der Waals surface area contributed by atoms with Crippen LogP contribution in [0.1, 0.15) is 16.1 Å². The first kappa shape index (κ1) is 6.93. The number of hydrogen-bond acceptors (Lipinski definition) is 1. The lowest BCUT2D eigenvalue weighted by Gasteiger charge is -1.93. The molecule has 0 amide bonds. The zero-order valence-corrected chi connectivity index (χ0v) is 6.16. The summed E-state index contributed by atoms with van der Waals surface area (Å²) in [5.41, 5.74) is 1.75. The minimum Gasteiger partial charge on any atom is -0.298 e. The molecule has 0 fully saturated rings. The van der Waals surface area contributed by atoms with E-state index in [2.05, 4.69) is 0 Å². The molecule has 0 bridgehead atoms. The lowest BCUT2D eigenvalue weighted by molar-refractivity contribution is -0.677. The summed E-state index contributed by atoms with van der Waals surface area (Å²) < 4.78 is 1.92. The van der Waals surface area contributed by atoms with Gasteiger partial charge in [0, 0.05) is 13.0 Å². The SMILES string of the molecule is Cc1c(C=O)ccc[n+]1C. The maximum atomic E-state index is 10.4. The fourth-order valence-electron chi connectivity index (χ4n) is 0.836. The Kier molecular flexibility index (Phi) is 1.81. The third kappa shape index (κ3) is 1.05. The Labute approximate surface area is 60.1 Å². The van der Waals surface area contributed by atoms with Gasteiger partial charge in [0.2, 0.25) is 0 Å². The molecule has 0 N–H and O–H groups in total. The van der Waals surface area contributed by atoms with Gasteiger partial charge in [-0.3, -0.25) is 4.79 Å². The van der Waals surface area contributed by atoms with Gasteiger partial charge in [0.15, 0.2) is 18.2 Å². The zero-order chi connectivity index (χ0) is 7.56. The van der Waals surface area contributed by atoms with E-state index in [0.29, 0.717) is 0 Å². The van der Waals surface area contributed by atoms with Crippen LogP contribution < -0.4 is 4.57 Å². The minimum absolute atomic E-state index is 0.755. The smallest absolute Gasteiger partial charge is 0.188 e. The molecule has 0 unspecified atom stereocenters. The van der Waals surface area contributed by atoms with E-state index < -0.39 is 0 Å². The number of aromatic nitrogens is 1. The van der Waals surface area contributed by atoms with Gasteiger partial charge in [-0.1, -0.05) is 0 Å². The Morgan fingerprint density at radius 1 is 1.60 bits per heavy atom. The molecule has 0 atom stereocenters. The van der Waals surface area contributed by atoms with Gasteiger partial charge < -0.3 is 0 Å². The number of pyridine rings is 1. The first-order valence-corrected chi connectivity index (χ1v) is 3.16. The van der Waals surface area contributed by atoms with E-state index in [1.165, 1.54) is 0 Å². The first-order valence-electron chi connectivity index (χ1n) is 3.16. The highest BCUT2D eigenvalue weighted by molar-refractivity contribution is 5.75. The normalized spacial score (nSPS) is 9.40. The van der Waals surface area contributed by atoms with E-state index in [0.717, 1.165) is 17.5 Å². The predicted molar refractivity (Wildman–Crippen MR) is 37.7 cm³/mol. The van der Waals surface area contributed by atoms with Crippen LogP contribution in [0, 0.1) is 6.92 Å². The van der Waals surface area contributed by atoms with E-state index in [-0.39, 0.29) is 0 Å². The van der Waals surface area contributed by atoms with E-state index in [4.69, 9.17) is 0 Å². The van der Waals surface area contributed by atoms with Crippen molar-refractivity contribution >= 4 is 6.29 Å². The van der Waals surface area contributed by atoms with Crippen molar-refractivity contribution in [2.24, 2.45) is 7.05 Å². The molecular formula is C8H10NO+. The van der Waals surface area contributed by atoms with Crippen molar-refractivity contribution < 1.29 is 9.36 Å². The number of aryl methyl sites for hydroxylation is 1. The highest BCUT2D eigenvalue weighted by Crippen LogP contribution is 1.95. The molecule has 0 aromatic carbocycles. The number of carbonyl (C=O) groups is 1. The van der Waals surface area contributed by atoms with Crippen LogP contribution in [0.15, 0.2) is 18.3 Å². The van der Waals surface area contributed by atoms with Crippen molar-refractivity contribution in [3.8, 4) is 0 Å². The van der Waals surface area contributed by atoms with Gasteiger partial charge in [-0.2, -0.15) is 0 Å². The summed E-state index contributed by atoms with van der Waals surface area (Å²) in [5.74, 6) is 0. The maximum absolute atomic E-state index is 10.4. The minimum atomic E-state index is 0.755. The number of hydrogen-bond donors (Lipinski definition) is 0. The highest BCUT2D eigenvalue weighted by atomic mass is 16.1. The molecule has 0 spiro atoms. The molecule has 10 heavy (non-hydrogen) atoms. The standard InChI is InChI=1S/C8H10NO/c1-7-8(6-10)4-3-5-9(7)2/h3-6H,1-2H3/q+1. The summed E-state index contributed by atoms with van der Waals surface area (Å²) >= 11 is 0. The Bertz CT molecular complexity index is 255. The predicted octanol–water partition coefficient (Wildman–Crippen LogP) is 0.632. The van der Waals surface area contributed by atoms with Crippen LogP contribution in [0.4, 0.5) is 0 Å². The third-order valence-electron chi connectivity index (χ3n) is 1.66. The third-order valence-corrected chi connectivity index (χ3v) is 1.66. The number of rotatable bonds is 1. The average molecular weight is 136 g/mol. The summed E-state index contributed by atoms with van der Waals surface area (Å²) in [5, 5.41) is 0. The Balaban J connectivity index is 3.27. The topological polar surface area (TPSA) is 20.9 Å². The number of carbonyl (C=O) groups excluding carboxylic acids is 1. The number of aldehydes is 1. The van der Waals surface area contributed by atoms with Gasteiger partial charge in [0.1, 0.15) is 7.05 Å². The van der Waals surface area contributed by atoms with E-state index in [9.17, 15) is 4.79 Å². The number of nitrogens with zero attached hydrogens (tertiary/aromatic N) is 1. The van der Waals surface area contributed by atoms with Crippen LogP contribution >= 0.6 is 0 Å². The molecule has 0 saturated carbocycles. The van der Waals surface area contributed by atoms with Crippen molar-refractivity contribution in [2.45, 2.75) is 6.92 Å². The Morgan fingerprint density at radius 3 is 2.80 bits per heavy atom. The van der Waals surface area contributed by atoms with Crippen LogP contribution in [0.25, 0.3) is 0 Å². The highest BCUT2D eigenvalue weighted by Gasteiger charge is 2.03. The fourth-order valence-corrected chi connectivity index (χ4v) is 0.836. The quantitative estimate of drug-likeness (QED) is 0.410. The Morgan fingerprint density at radius 2 is 2.30 bits per heavy atom. The van der Waals surface area contributed by atoms with Crippen LogP contribution in [-0.2, 0) is 7.05 Å². The van der Waals surface area contributed by atoms with Crippen LogP contribution in [0.2, 0.25) is 0 Å². The second-order valence-corrected chi connectivity index (χ2v) is 2.28. The molecule has 0 aliphatic heterocycles. The van der Waals surface area contributed by atoms with Gasteiger partial charge in [0.25, 0.3) is 0 Å². The zero-order valence-electron chi connectivity index (χ0n) is 6.16. The van der Waals surface area contributed by atoms with Gasteiger partial charge in [0.05, 0.1) is 5.56 Å². The van der Waals surface area contributed by atoms with Gasteiger partial charge in [-0.05, 0) is 6.07 Å². The molecule has 1 rings (SSSR count). The average Bonchev–Trinajstić information content (AvgIpc) is 1.95. The van der Waals surface area contributed by atoms with Crippen molar-refractivity contribution in [3.05, 3.63) is 29.6 Å². The molecule has 0 aliphatic rings. The van der Waals surface area contributed by atoms with Crippen molar-refractivity contribution in [2.75, 3.05) is 0 Å². The molecule has 1 heterocycles. The second kappa shape index (κ2) is 2.60. The Hall–Kier alpha value is -1.18. The van der Waals surface area contributed by atoms with Crippen molar-refractivity contribution in [1.29, 1.82) is 0 Å². The van der Waals surface area contributed by atoms with Crippen LogP contribution in [-0.4, -0.2) is 6.29 Å². The van der Waals surface area contributed by atoms with Crippen molar-refractivity contribution in [1.82, 2.24) is 0 Å². The summed E-state index contributed by atoms with van der Waals surface area (Å²) in [6, 6.07) is 3.67. The van der Waals surface area contributed by atoms with Crippen LogP contribution in [0.3, 0.4) is 0 Å². The molecule has 2 nitrogen and oxygen atoms in total. The van der Waals surface area contributed by atoms with Gasteiger partial charge >= 0.3 is 0 Å². The fraction of sp³-hybridized carbons (Fsp3) is 0.250. The summed E-state index contributed by atoms with van der Waals surface area (Å²) in [6.45, 7) is 1.92. The van der Waals surface area contributed by atoms with E-state index >= 15 is 0 Å². The molecular weight excluding hydrogens is 126 g/mol. The lowest BCUT2D eigenvalue weighted by Crippen LogP contribution is -2.32. The van der Waals surface area contributed by atoms with Crippen molar-refractivity contribution in [3.63, 3.8) is 0 Å². The summed E-state index contributed by atoms with van der Waals surface area (Å²) in [4.78, 5) is 10.4. The molecule has 0 radical (unpaired) electrons. The summed E-state index contributed by atoms with van der Waals surface area (Å²) in [7, 11) is 1.92. The maximum Gasteiger partial charge on any atom is 0.188 e. The van der Waals surface area contributed by atoms with E-state index in [1.807, 2.05) is 36.9 Å². The van der Waals surface area contributed by atoms with Gasteiger partial charge in [-0.25, -0.2) is 4.57 Å². The molecule has 1 aromatic heterocycles. The molecule has 2 heteroatoms. The molecule has 1 aromatic rings. The monoisotopic (exact) mass is 136 g/mol. The molecule has 52 valence electrons. The van der Waals surface area contributed by atoms with Gasteiger partial charge in [-0.15, -0.1) is 0 Å². The lowest BCUT2D eigenvalue weighted by atomic mass is 10.2.